The van der Waals surface area contributed by atoms with E-state index in [9.17, 15) is 0 Å². The summed E-state index contributed by atoms with van der Waals surface area (Å²) in [7, 11) is 1.76. The van der Waals surface area contributed by atoms with Crippen molar-refractivity contribution in [3.63, 3.8) is 0 Å². The lowest BCUT2D eigenvalue weighted by Gasteiger charge is -2.33. The van der Waals surface area contributed by atoms with Gasteiger partial charge in [-0.2, -0.15) is 0 Å². The zero-order valence-corrected chi connectivity index (χ0v) is 9.26. The molecule has 0 unspecified atom stereocenters. The first kappa shape index (κ1) is 9.57. The van der Waals surface area contributed by atoms with Crippen LogP contribution in [-0.4, -0.2) is 7.11 Å². The third-order valence-electron chi connectivity index (χ3n) is 3.26. The minimum absolute atomic E-state index is 0.278. The average Bonchev–Trinajstić information content (AvgIpc) is 2.16. The molecule has 1 aromatic rings. The molecule has 1 aliphatic carbocycles. The van der Waals surface area contributed by atoms with Crippen LogP contribution in [0.3, 0.4) is 0 Å². The first-order chi connectivity index (χ1) is 6.65. The van der Waals surface area contributed by atoms with Crippen LogP contribution in [0.15, 0.2) is 18.2 Å². The van der Waals surface area contributed by atoms with Gasteiger partial charge in [0.2, 0.25) is 0 Å². The zero-order valence-electron chi connectivity index (χ0n) is 9.26. The largest absolute Gasteiger partial charge is 0.496 e. The van der Waals surface area contributed by atoms with Gasteiger partial charge in [0.15, 0.2) is 0 Å². The van der Waals surface area contributed by atoms with Crippen molar-refractivity contribution in [3.05, 3.63) is 29.3 Å². The van der Waals surface area contributed by atoms with Crippen molar-refractivity contribution in [2.45, 2.75) is 38.5 Å². The molecule has 0 spiro atoms. The van der Waals surface area contributed by atoms with E-state index >= 15 is 0 Å². The van der Waals surface area contributed by atoms with E-state index in [0.29, 0.717) is 0 Å². The van der Waals surface area contributed by atoms with E-state index in [1.165, 1.54) is 30.4 Å². The molecule has 0 atom stereocenters. The van der Waals surface area contributed by atoms with Crippen LogP contribution in [0, 0.1) is 0 Å². The fourth-order valence-corrected chi connectivity index (χ4v) is 2.57. The fraction of sp³-hybridized carbons (Fsp3) is 0.538. The number of rotatable bonds is 1. The van der Waals surface area contributed by atoms with Crippen LogP contribution in [0.2, 0.25) is 0 Å². The number of hydrogen-bond acceptors (Lipinski definition) is 1. The summed E-state index contributed by atoms with van der Waals surface area (Å²) in [6, 6.07) is 6.41. The van der Waals surface area contributed by atoms with Gasteiger partial charge in [-0.3, -0.25) is 0 Å². The second-order valence-electron chi connectivity index (χ2n) is 4.73. The lowest BCUT2D eigenvalue weighted by molar-refractivity contribution is 0.369. The average molecular weight is 190 g/mol. The minimum Gasteiger partial charge on any atom is -0.496 e. The SMILES string of the molecule is COc1cccc2c1C(C)(C)CCC2. The molecular weight excluding hydrogens is 172 g/mol. The van der Waals surface area contributed by atoms with Crippen molar-refractivity contribution < 1.29 is 4.74 Å². The predicted octanol–water partition coefficient (Wildman–Crippen LogP) is 3.31. The highest BCUT2D eigenvalue weighted by atomic mass is 16.5. The van der Waals surface area contributed by atoms with Gasteiger partial charge >= 0.3 is 0 Å². The predicted molar refractivity (Wildman–Crippen MR) is 59.0 cm³/mol. The number of benzene rings is 1. The van der Waals surface area contributed by atoms with Crippen LogP contribution in [0.25, 0.3) is 0 Å². The van der Waals surface area contributed by atoms with E-state index in [1.807, 2.05) is 0 Å². The molecule has 76 valence electrons. The van der Waals surface area contributed by atoms with Gasteiger partial charge in [-0.05, 0) is 36.3 Å². The molecule has 1 nitrogen and oxygen atoms in total. The highest BCUT2D eigenvalue weighted by molar-refractivity contribution is 5.46. The molecule has 0 amide bonds. The molecule has 1 aliphatic rings. The second kappa shape index (κ2) is 3.30. The fourth-order valence-electron chi connectivity index (χ4n) is 2.57. The zero-order chi connectivity index (χ0) is 10.2. The number of hydrogen-bond donors (Lipinski definition) is 0. The quantitative estimate of drug-likeness (QED) is 0.660. The molecule has 0 saturated carbocycles. The first-order valence-electron chi connectivity index (χ1n) is 5.31. The summed E-state index contributed by atoms with van der Waals surface area (Å²) < 4.78 is 5.45. The molecule has 0 bridgehead atoms. The Morgan fingerprint density at radius 2 is 2.07 bits per heavy atom. The first-order valence-corrected chi connectivity index (χ1v) is 5.31. The van der Waals surface area contributed by atoms with E-state index in [4.69, 9.17) is 4.74 Å². The van der Waals surface area contributed by atoms with Gasteiger partial charge in [0.05, 0.1) is 7.11 Å². The summed E-state index contributed by atoms with van der Waals surface area (Å²) >= 11 is 0. The Kier molecular flexibility index (Phi) is 2.26. The van der Waals surface area contributed by atoms with Crippen LogP contribution in [0.5, 0.6) is 5.75 Å². The molecular formula is C13H18O. The van der Waals surface area contributed by atoms with Crippen molar-refractivity contribution in [3.8, 4) is 5.75 Å². The van der Waals surface area contributed by atoms with Crippen molar-refractivity contribution in [2.24, 2.45) is 0 Å². The molecule has 0 saturated heterocycles. The molecule has 0 aliphatic heterocycles. The highest BCUT2D eigenvalue weighted by Gasteiger charge is 2.30. The van der Waals surface area contributed by atoms with Crippen molar-refractivity contribution in [1.82, 2.24) is 0 Å². The molecule has 14 heavy (non-hydrogen) atoms. The second-order valence-corrected chi connectivity index (χ2v) is 4.73. The summed E-state index contributed by atoms with van der Waals surface area (Å²) in [4.78, 5) is 0. The standard InChI is InChI=1S/C13H18O/c1-13(2)9-5-7-10-6-4-8-11(14-3)12(10)13/h4,6,8H,5,7,9H2,1-3H3. The van der Waals surface area contributed by atoms with Gasteiger partial charge in [-0.25, -0.2) is 0 Å². The monoisotopic (exact) mass is 190 g/mol. The maximum absolute atomic E-state index is 5.45. The minimum atomic E-state index is 0.278. The maximum atomic E-state index is 5.45. The number of ether oxygens (including phenoxy) is 1. The third-order valence-corrected chi connectivity index (χ3v) is 3.26. The van der Waals surface area contributed by atoms with Gasteiger partial charge in [0.1, 0.15) is 5.75 Å². The lowest BCUT2D eigenvalue weighted by atomic mass is 9.72. The Morgan fingerprint density at radius 1 is 1.29 bits per heavy atom. The van der Waals surface area contributed by atoms with Gasteiger partial charge in [-0.1, -0.05) is 26.0 Å². The molecule has 0 fully saturated rings. The Bertz CT molecular complexity index is 325. The molecule has 0 heterocycles. The Labute approximate surface area is 86.1 Å². The van der Waals surface area contributed by atoms with Gasteiger partial charge in [-0.15, -0.1) is 0 Å². The van der Waals surface area contributed by atoms with Crippen LogP contribution >= 0.6 is 0 Å². The number of fused-ring (bicyclic) bond motifs is 1. The molecule has 2 rings (SSSR count). The van der Waals surface area contributed by atoms with Crippen LogP contribution in [0.1, 0.15) is 37.8 Å². The van der Waals surface area contributed by atoms with E-state index in [0.717, 1.165) is 5.75 Å². The summed E-state index contributed by atoms with van der Waals surface area (Å²) in [5.41, 5.74) is 3.18. The molecule has 0 N–H and O–H groups in total. The van der Waals surface area contributed by atoms with Crippen molar-refractivity contribution in [1.29, 1.82) is 0 Å². The van der Waals surface area contributed by atoms with Crippen molar-refractivity contribution >= 4 is 0 Å². The normalized spacial score (nSPS) is 18.8. The van der Waals surface area contributed by atoms with E-state index in [-0.39, 0.29) is 5.41 Å². The smallest absolute Gasteiger partial charge is 0.122 e. The van der Waals surface area contributed by atoms with Gasteiger partial charge in [0.25, 0.3) is 0 Å². The maximum Gasteiger partial charge on any atom is 0.122 e. The van der Waals surface area contributed by atoms with Crippen LogP contribution in [0.4, 0.5) is 0 Å². The Hall–Kier alpha value is -0.980. The van der Waals surface area contributed by atoms with E-state index in [2.05, 4.69) is 32.0 Å². The molecule has 1 aromatic carbocycles. The summed E-state index contributed by atoms with van der Waals surface area (Å²) in [5.74, 6) is 1.06. The molecule has 0 aromatic heterocycles. The van der Waals surface area contributed by atoms with Gasteiger partial charge < -0.3 is 4.74 Å². The molecule has 1 heteroatoms. The number of methoxy groups -OCH3 is 1. The Balaban J connectivity index is 2.58. The lowest BCUT2D eigenvalue weighted by Crippen LogP contribution is -2.24. The van der Waals surface area contributed by atoms with Crippen LogP contribution in [-0.2, 0) is 11.8 Å². The van der Waals surface area contributed by atoms with E-state index in [1.54, 1.807) is 7.11 Å². The van der Waals surface area contributed by atoms with E-state index < -0.39 is 0 Å². The van der Waals surface area contributed by atoms with Gasteiger partial charge in [0, 0.05) is 5.56 Å². The Morgan fingerprint density at radius 3 is 2.79 bits per heavy atom. The number of aryl methyl sites for hydroxylation is 1. The summed E-state index contributed by atoms with van der Waals surface area (Å²) in [5, 5.41) is 0. The van der Waals surface area contributed by atoms with Crippen molar-refractivity contribution in [2.75, 3.05) is 7.11 Å². The topological polar surface area (TPSA) is 9.23 Å². The summed E-state index contributed by atoms with van der Waals surface area (Å²) in [6.45, 7) is 4.63. The van der Waals surface area contributed by atoms with Crippen LogP contribution < -0.4 is 4.74 Å². The highest BCUT2D eigenvalue weighted by Crippen LogP contribution is 2.41. The summed E-state index contributed by atoms with van der Waals surface area (Å²) in [6.07, 6.45) is 3.77. The third kappa shape index (κ3) is 1.41. The molecule has 0 radical (unpaired) electrons.